The summed E-state index contributed by atoms with van der Waals surface area (Å²) in [7, 11) is 0. The topological polar surface area (TPSA) is 38.7 Å². The summed E-state index contributed by atoms with van der Waals surface area (Å²) < 4.78 is 6.78. The maximum absolute atomic E-state index is 10.5. The van der Waals surface area contributed by atoms with Crippen molar-refractivity contribution in [3.8, 4) is 5.75 Å². The molecule has 2 aliphatic rings. The van der Waals surface area contributed by atoms with Crippen LogP contribution in [-0.4, -0.2) is 12.7 Å². The molecule has 2 saturated carbocycles. The lowest BCUT2D eigenvalue weighted by molar-refractivity contribution is 0.180. The van der Waals surface area contributed by atoms with Crippen molar-refractivity contribution in [3.63, 3.8) is 0 Å². The molecule has 0 aromatic heterocycles. The van der Waals surface area contributed by atoms with E-state index in [-0.39, 0.29) is 5.54 Å². The summed E-state index contributed by atoms with van der Waals surface area (Å²) in [6.45, 7) is 0.801. The summed E-state index contributed by atoms with van der Waals surface area (Å²) in [6, 6.07) is 6.00. The zero-order valence-corrected chi connectivity index (χ0v) is 12.3. The van der Waals surface area contributed by atoms with Gasteiger partial charge in [0.05, 0.1) is 16.6 Å². The van der Waals surface area contributed by atoms with E-state index in [9.17, 15) is 4.79 Å². The third-order valence-corrected chi connectivity index (χ3v) is 4.77. The molecule has 100 valence electrons. The molecule has 0 spiro atoms. The van der Waals surface area contributed by atoms with E-state index < -0.39 is 0 Å². The number of rotatable bonds is 5. The lowest BCUT2D eigenvalue weighted by Gasteiger charge is -2.25. The first-order valence-corrected chi connectivity index (χ1v) is 7.55. The van der Waals surface area contributed by atoms with Crippen LogP contribution in [0.25, 0.3) is 0 Å². The van der Waals surface area contributed by atoms with Gasteiger partial charge >= 0.3 is 0 Å². The maximum atomic E-state index is 10.5. The second kappa shape index (κ2) is 5.10. The number of hydrogen-bond acceptors (Lipinski definition) is 3. The molecule has 3 nitrogen and oxygen atoms in total. The van der Waals surface area contributed by atoms with Crippen molar-refractivity contribution in [2.24, 2.45) is 10.9 Å². The van der Waals surface area contributed by atoms with Gasteiger partial charge in [0, 0.05) is 0 Å². The van der Waals surface area contributed by atoms with Gasteiger partial charge in [-0.15, -0.1) is 0 Å². The van der Waals surface area contributed by atoms with E-state index in [2.05, 4.69) is 20.9 Å². The molecule has 0 radical (unpaired) electrons. The Morgan fingerprint density at radius 2 is 2.21 bits per heavy atom. The van der Waals surface area contributed by atoms with Crippen LogP contribution in [0.2, 0.25) is 0 Å². The van der Waals surface area contributed by atoms with Gasteiger partial charge < -0.3 is 4.74 Å². The smallest absolute Gasteiger partial charge is 0.235 e. The maximum Gasteiger partial charge on any atom is 0.235 e. The summed E-state index contributed by atoms with van der Waals surface area (Å²) in [5.41, 5.74) is 0.760. The molecule has 1 aromatic rings. The van der Waals surface area contributed by atoms with E-state index >= 15 is 0 Å². The molecular weight excluding hydrogens is 306 g/mol. The van der Waals surface area contributed by atoms with Gasteiger partial charge in [0.2, 0.25) is 6.08 Å². The minimum Gasteiger partial charge on any atom is -0.492 e. The van der Waals surface area contributed by atoms with Gasteiger partial charge in [0.25, 0.3) is 0 Å². The molecule has 0 heterocycles. The number of isocyanates is 1. The standard InChI is InChI=1S/C15H16BrNO2/c16-13-8-12(15(6-7-15)17-10-18)4-5-14(13)19-9-11-2-1-3-11/h4-5,8,11H,1-3,6-7,9H2. The normalized spacial score (nSPS) is 20.3. The molecule has 0 N–H and O–H groups in total. The van der Waals surface area contributed by atoms with Crippen LogP contribution in [0.3, 0.4) is 0 Å². The summed E-state index contributed by atoms with van der Waals surface area (Å²) in [5, 5.41) is 0. The number of carbonyl (C=O) groups excluding carboxylic acids is 1. The average Bonchev–Trinajstić information content (AvgIpc) is 3.10. The quantitative estimate of drug-likeness (QED) is 0.608. The van der Waals surface area contributed by atoms with Crippen molar-refractivity contribution in [2.75, 3.05) is 6.61 Å². The summed E-state index contributed by atoms with van der Waals surface area (Å²) in [5.74, 6) is 1.60. The SMILES string of the molecule is O=C=NC1(c2ccc(OCC3CCC3)c(Br)c2)CC1. The predicted octanol–water partition coefficient (Wildman–Crippen LogP) is 3.95. The first-order valence-electron chi connectivity index (χ1n) is 6.75. The number of benzene rings is 1. The second-order valence-corrected chi connectivity index (χ2v) is 6.34. The van der Waals surface area contributed by atoms with Crippen LogP contribution in [0.1, 0.15) is 37.7 Å². The van der Waals surface area contributed by atoms with Crippen LogP contribution in [0.15, 0.2) is 27.7 Å². The Labute approximate surface area is 121 Å². The van der Waals surface area contributed by atoms with Gasteiger partial charge in [-0.3, -0.25) is 0 Å². The summed E-state index contributed by atoms with van der Waals surface area (Å²) >= 11 is 3.54. The predicted molar refractivity (Wildman–Crippen MR) is 76.0 cm³/mol. The molecule has 2 aliphatic carbocycles. The fourth-order valence-electron chi connectivity index (χ4n) is 2.45. The fraction of sp³-hybridized carbons (Fsp3) is 0.533. The second-order valence-electron chi connectivity index (χ2n) is 5.49. The van der Waals surface area contributed by atoms with Gasteiger partial charge in [-0.2, -0.15) is 4.99 Å². The molecule has 2 fully saturated rings. The van der Waals surface area contributed by atoms with E-state index in [1.54, 1.807) is 6.08 Å². The minimum atomic E-state index is -0.309. The van der Waals surface area contributed by atoms with E-state index in [4.69, 9.17) is 4.74 Å². The van der Waals surface area contributed by atoms with Gasteiger partial charge in [-0.25, -0.2) is 4.79 Å². The number of nitrogens with zero attached hydrogens (tertiary/aromatic N) is 1. The van der Waals surface area contributed by atoms with Crippen LogP contribution in [0, 0.1) is 5.92 Å². The highest BCUT2D eigenvalue weighted by Gasteiger charge is 2.45. The van der Waals surface area contributed by atoms with Gasteiger partial charge in [0.15, 0.2) is 0 Å². The van der Waals surface area contributed by atoms with E-state index in [0.717, 1.165) is 41.2 Å². The zero-order chi connectivity index (χ0) is 13.3. The first kappa shape index (κ1) is 12.9. The molecule has 1 aromatic carbocycles. The minimum absolute atomic E-state index is 0.309. The highest BCUT2D eigenvalue weighted by atomic mass is 79.9. The molecular formula is C15H16BrNO2. The molecule has 0 unspecified atom stereocenters. The van der Waals surface area contributed by atoms with Crippen molar-refractivity contribution in [3.05, 3.63) is 28.2 Å². The Hall–Kier alpha value is -1.12. The van der Waals surface area contributed by atoms with E-state index in [1.165, 1.54) is 19.3 Å². The largest absolute Gasteiger partial charge is 0.492 e. The molecule has 0 saturated heterocycles. The molecule has 4 heteroatoms. The van der Waals surface area contributed by atoms with Crippen LogP contribution < -0.4 is 4.74 Å². The number of ether oxygens (including phenoxy) is 1. The van der Waals surface area contributed by atoms with Crippen molar-refractivity contribution in [2.45, 2.75) is 37.6 Å². The number of aliphatic imine (C=N–C) groups is 1. The molecule has 3 rings (SSSR count). The molecule has 19 heavy (non-hydrogen) atoms. The Balaban J connectivity index is 1.72. The summed E-state index contributed by atoms with van der Waals surface area (Å²) in [4.78, 5) is 14.4. The van der Waals surface area contributed by atoms with Gasteiger partial charge in [-0.05, 0) is 65.2 Å². The number of hydrogen-bond donors (Lipinski definition) is 0. The Morgan fingerprint density at radius 1 is 1.42 bits per heavy atom. The van der Waals surface area contributed by atoms with E-state index in [1.807, 2.05) is 18.2 Å². The molecule has 0 atom stereocenters. The number of halogens is 1. The zero-order valence-electron chi connectivity index (χ0n) is 10.7. The Bertz CT molecular complexity index is 529. The van der Waals surface area contributed by atoms with Crippen LogP contribution in [-0.2, 0) is 10.3 Å². The fourth-order valence-corrected chi connectivity index (χ4v) is 2.94. The lowest BCUT2D eigenvalue weighted by Crippen LogP contribution is -2.19. The van der Waals surface area contributed by atoms with Crippen molar-refractivity contribution in [1.29, 1.82) is 0 Å². The van der Waals surface area contributed by atoms with E-state index in [0.29, 0.717) is 0 Å². The highest BCUT2D eigenvalue weighted by molar-refractivity contribution is 9.10. The molecule has 0 bridgehead atoms. The van der Waals surface area contributed by atoms with Crippen LogP contribution in [0.4, 0.5) is 0 Å². The first-order chi connectivity index (χ1) is 9.23. The molecule has 0 amide bonds. The third kappa shape index (κ3) is 2.60. The van der Waals surface area contributed by atoms with Crippen molar-refractivity contribution in [1.82, 2.24) is 0 Å². The van der Waals surface area contributed by atoms with Crippen LogP contribution >= 0.6 is 15.9 Å². The average molecular weight is 322 g/mol. The van der Waals surface area contributed by atoms with Crippen molar-refractivity contribution < 1.29 is 9.53 Å². The third-order valence-electron chi connectivity index (χ3n) is 4.15. The van der Waals surface area contributed by atoms with Gasteiger partial charge in [0.1, 0.15) is 5.75 Å². The molecule has 0 aliphatic heterocycles. The lowest BCUT2D eigenvalue weighted by atomic mass is 9.86. The monoisotopic (exact) mass is 321 g/mol. The Morgan fingerprint density at radius 3 is 2.74 bits per heavy atom. The van der Waals surface area contributed by atoms with Crippen molar-refractivity contribution >= 4 is 22.0 Å². The highest BCUT2D eigenvalue weighted by Crippen LogP contribution is 2.50. The Kier molecular flexibility index (Phi) is 3.46. The van der Waals surface area contributed by atoms with Gasteiger partial charge in [-0.1, -0.05) is 12.5 Å². The van der Waals surface area contributed by atoms with Crippen LogP contribution in [0.5, 0.6) is 5.75 Å². The summed E-state index contributed by atoms with van der Waals surface area (Å²) in [6.07, 6.45) is 7.44.